The van der Waals surface area contributed by atoms with Crippen molar-refractivity contribution in [1.29, 1.82) is 0 Å². The molecule has 7 aliphatic heterocycles. The van der Waals surface area contributed by atoms with Gasteiger partial charge in [-0.3, -0.25) is 19.2 Å². The quantitative estimate of drug-likeness (QED) is 0.152. The molecule has 77 heavy (non-hydrogen) atoms. The van der Waals surface area contributed by atoms with E-state index in [1.807, 2.05) is 28.2 Å². The van der Waals surface area contributed by atoms with E-state index < -0.39 is 0 Å². The third-order valence-corrected chi connectivity index (χ3v) is 23.0. The van der Waals surface area contributed by atoms with Crippen molar-refractivity contribution in [3.63, 3.8) is 0 Å². The zero-order chi connectivity index (χ0) is 53.7. The van der Waals surface area contributed by atoms with Gasteiger partial charge in [0, 0.05) is 76.1 Å². The van der Waals surface area contributed by atoms with Crippen LogP contribution in [-0.2, 0) is 28.7 Å². The van der Waals surface area contributed by atoms with Gasteiger partial charge >= 0.3 is 0 Å². The SMILES string of the molecule is CNC1CCC2CCCC2N(CC2CCCC2)C1=O.CNC1CCC2CCCC2N(CC2CCOC2)C1=O.CNC1CCC2CCCC2N(CC2CCOCC2)C1=O.CNC1CCC2CCCC2N(CC2CCSC2)C1=O. The second-order valence-electron chi connectivity index (χ2n) is 26.3. The highest BCUT2D eigenvalue weighted by Gasteiger charge is 2.45. The van der Waals surface area contributed by atoms with Gasteiger partial charge in [-0.1, -0.05) is 38.5 Å². The van der Waals surface area contributed by atoms with Gasteiger partial charge in [0.25, 0.3) is 0 Å². The van der Waals surface area contributed by atoms with E-state index in [-0.39, 0.29) is 24.2 Å². The van der Waals surface area contributed by atoms with Gasteiger partial charge in [-0.15, -0.1) is 0 Å². The zero-order valence-electron chi connectivity index (χ0n) is 48.8. The van der Waals surface area contributed by atoms with E-state index in [1.165, 1.54) is 146 Å². The Bertz CT molecular complexity index is 1690. The summed E-state index contributed by atoms with van der Waals surface area (Å²) in [7, 11) is 7.72. The molecule has 12 fully saturated rings. The van der Waals surface area contributed by atoms with Gasteiger partial charge in [0.2, 0.25) is 23.6 Å². The Labute approximate surface area is 470 Å². The second kappa shape index (κ2) is 29.8. The van der Waals surface area contributed by atoms with Gasteiger partial charge < -0.3 is 50.3 Å². The number of nitrogens with one attached hydrogen (secondary N) is 4. The molecule has 14 atom stereocenters. The van der Waals surface area contributed by atoms with Crippen LogP contribution >= 0.6 is 11.8 Å². The molecule has 12 aliphatic rings. The Morgan fingerprint density at radius 3 is 1.04 bits per heavy atom. The zero-order valence-corrected chi connectivity index (χ0v) is 49.6. The number of thioether (sulfide) groups is 1. The van der Waals surface area contributed by atoms with Gasteiger partial charge in [-0.25, -0.2) is 0 Å². The lowest BCUT2D eigenvalue weighted by Gasteiger charge is -2.36. The third-order valence-electron chi connectivity index (χ3n) is 21.8. The Hall–Kier alpha value is -2.01. The summed E-state index contributed by atoms with van der Waals surface area (Å²) >= 11 is 2.06. The summed E-state index contributed by atoms with van der Waals surface area (Å²) in [6, 6.07) is 2.36. The topological polar surface area (TPSA) is 148 Å². The van der Waals surface area contributed by atoms with Crippen molar-refractivity contribution in [2.24, 2.45) is 47.3 Å². The lowest BCUT2D eigenvalue weighted by Crippen LogP contribution is -2.50. The second-order valence-corrected chi connectivity index (χ2v) is 27.5. The number of likely N-dealkylation sites (N-methyl/N-ethyl adjacent to an activating group) is 4. The summed E-state index contributed by atoms with van der Waals surface area (Å²) in [5.41, 5.74) is 0. The van der Waals surface area contributed by atoms with Crippen LogP contribution < -0.4 is 21.3 Å². The number of amides is 4. The summed E-state index contributed by atoms with van der Waals surface area (Å²) in [6.07, 6.45) is 34.5. The molecule has 0 radical (unpaired) electrons. The molecule has 7 heterocycles. The first kappa shape index (κ1) is 59.6. The molecule has 0 aromatic heterocycles. The van der Waals surface area contributed by atoms with E-state index in [9.17, 15) is 19.2 Å². The predicted octanol–water partition coefficient (Wildman–Crippen LogP) is 7.87. The van der Waals surface area contributed by atoms with E-state index in [4.69, 9.17) is 9.47 Å². The first-order chi connectivity index (χ1) is 37.7. The van der Waals surface area contributed by atoms with Crippen molar-refractivity contribution >= 4 is 35.4 Å². The largest absolute Gasteiger partial charge is 0.381 e. The van der Waals surface area contributed by atoms with Crippen molar-refractivity contribution < 1.29 is 28.7 Å². The minimum atomic E-state index is 0.0351. The lowest BCUT2D eigenvalue weighted by atomic mass is 9.95. The summed E-state index contributed by atoms with van der Waals surface area (Å²) in [5.74, 6) is 9.77. The molecule has 14 unspecified atom stereocenters. The predicted molar refractivity (Wildman–Crippen MR) is 310 cm³/mol. The summed E-state index contributed by atoms with van der Waals surface area (Å²) in [4.78, 5) is 60.1. The fourth-order valence-electron chi connectivity index (χ4n) is 17.2. The number of nitrogens with zero attached hydrogens (tertiary/aromatic N) is 4. The minimum absolute atomic E-state index is 0.0351. The van der Waals surface area contributed by atoms with Crippen molar-refractivity contribution in [1.82, 2.24) is 40.9 Å². The smallest absolute Gasteiger partial charge is 0.239 e. The molecule has 4 amide bonds. The number of carbonyl (C=O) groups excluding carboxylic acids is 4. The Kier molecular flexibility index (Phi) is 23.1. The highest BCUT2D eigenvalue weighted by Crippen LogP contribution is 2.42. The van der Waals surface area contributed by atoms with E-state index >= 15 is 0 Å². The number of likely N-dealkylation sites (tertiary alicyclic amines) is 4. The van der Waals surface area contributed by atoms with Crippen LogP contribution in [0.5, 0.6) is 0 Å². The van der Waals surface area contributed by atoms with Crippen LogP contribution in [0, 0.1) is 47.3 Å². The third kappa shape index (κ3) is 15.2. The number of hydrogen-bond donors (Lipinski definition) is 4. The van der Waals surface area contributed by atoms with E-state index in [1.54, 1.807) is 0 Å². The molecule has 15 heteroatoms. The average molecular weight is 1090 g/mol. The molecule has 0 spiro atoms. The number of hydrogen-bond acceptors (Lipinski definition) is 11. The maximum absolute atomic E-state index is 12.8. The molecule has 438 valence electrons. The van der Waals surface area contributed by atoms with Crippen molar-refractivity contribution in [3.8, 4) is 0 Å². The summed E-state index contributed by atoms with van der Waals surface area (Å²) in [6.45, 7) is 7.39. The normalized spacial score (nSPS) is 37.8. The van der Waals surface area contributed by atoms with Crippen LogP contribution in [0.4, 0.5) is 0 Å². The Morgan fingerprint density at radius 2 is 0.701 bits per heavy atom. The molecule has 12 rings (SSSR count). The van der Waals surface area contributed by atoms with Crippen molar-refractivity contribution in [2.45, 2.75) is 228 Å². The van der Waals surface area contributed by atoms with Crippen molar-refractivity contribution in [3.05, 3.63) is 0 Å². The van der Waals surface area contributed by atoms with Gasteiger partial charge in [0.05, 0.1) is 30.8 Å². The van der Waals surface area contributed by atoms with Gasteiger partial charge in [0.1, 0.15) is 0 Å². The lowest BCUT2D eigenvalue weighted by molar-refractivity contribution is -0.137. The molecule has 0 aromatic rings. The number of ether oxygens (including phenoxy) is 2. The molecule has 0 aromatic carbocycles. The molecular weight excluding hydrogens is 985 g/mol. The van der Waals surface area contributed by atoms with Crippen LogP contribution in [0.3, 0.4) is 0 Å². The monoisotopic (exact) mass is 1090 g/mol. The highest BCUT2D eigenvalue weighted by molar-refractivity contribution is 7.99. The Balaban J connectivity index is 0.000000125. The van der Waals surface area contributed by atoms with E-state index in [0.29, 0.717) is 59.6 Å². The van der Waals surface area contributed by atoms with Crippen molar-refractivity contribution in [2.75, 3.05) is 92.3 Å². The Morgan fingerprint density at radius 1 is 0.364 bits per heavy atom. The van der Waals surface area contributed by atoms with Crippen LogP contribution in [-0.4, -0.2) is 184 Å². The highest BCUT2D eigenvalue weighted by atomic mass is 32.2. The summed E-state index contributed by atoms with van der Waals surface area (Å²) < 4.78 is 10.9. The van der Waals surface area contributed by atoms with E-state index in [2.05, 4.69) is 52.6 Å². The molecular formula is C62H108N8O6S. The van der Waals surface area contributed by atoms with E-state index in [0.717, 1.165) is 133 Å². The first-order valence-electron chi connectivity index (χ1n) is 32.3. The fourth-order valence-corrected chi connectivity index (χ4v) is 18.5. The molecule has 0 bridgehead atoms. The van der Waals surface area contributed by atoms with Crippen LogP contribution in [0.15, 0.2) is 0 Å². The van der Waals surface area contributed by atoms with Crippen LogP contribution in [0.25, 0.3) is 0 Å². The first-order valence-corrected chi connectivity index (χ1v) is 33.5. The molecule has 4 N–H and O–H groups in total. The maximum atomic E-state index is 12.8. The average Bonchev–Trinajstić information content (AvgIpc) is 4.34. The summed E-state index contributed by atoms with van der Waals surface area (Å²) in [5, 5.41) is 12.9. The fraction of sp³-hybridized carbons (Fsp3) is 0.935. The molecule has 7 saturated heterocycles. The standard InChI is InChI=1S/C16H28N2O2.C16H28N2O.C15H26N2O2.C15H26N2OS/c1-17-14-6-5-13-3-2-4-15(13)18(16(14)19)11-12-7-9-20-10-8-12;1-17-14-10-9-13-7-4-8-15(13)18(16(14)19)11-12-5-2-3-6-12;2*1-16-13-6-5-12-3-2-4-14(12)17(15(13)18)9-11-7-8-19-10-11/h12-15,17H,2-11H2,1H3;12-15,17H,2-11H2,1H3;2*11-14,16H,2-10H2,1H3. The number of fused-ring (bicyclic) bond motifs is 4. The molecule has 5 aliphatic carbocycles. The number of rotatable bonds is 12. The van der Waals surface area contributed by atoms with Gasteiger partial charge in [-0.2, -0.15) is 11.8 Å². The number of carbonyl (C=O) groups is 4. The van der Waals surface area contributed by atoms with Gasteiger partial charge in [0.15, 0.2) is 0 Å². The van der Waals surface area contributed by atoms with Gasteiger partial charge in [-0.05, 0) is 222 Å². The van der Waals surface area contributed by atoms with Crippen LogP contribution in [0.1, 0.15) is 180 Å². The maximum Gasteiger partial charge on any atom is 0.239 e. The minimum Gasteiger partial charge on any atom is -0.381 e. The molecule has 5 saturated carbocycles. The molecule has 14 nitrogen and oxygen atoms in total. The van der Waals surface area contributed by atoms with Crippen LogP contribution in [0.2, 0.25) is 0 Å².